The number of hydrogen-bond acceptors (Lipinski definition) is 5. The van der Waals surface area contributed by atoms with Gasteiger partial charge in [-0.05, 0) is 75.2 Å². The molecule has 2 aromatic rings. The second kappa shape index (κ2) is 9.21. The highest BCUT2D eigenvalue weighted by Gasteiger charge is 2.36. The molecule has 32 heavy (non-hydrogen) atoms. The lowest BCUT2D eigenvalue weighted by Gasteiger charge is -2.32. The molecule has 8 heteroatoms. The van der Waals surface area contributed by atoms with E-state index >= 15 is 0 Å². The third-order valence-electron chi connectivity index (χ3n) is 6.46. The quantitative estimate of drug-likeness (QED) is 0.639. The van der Waals surface area contributed by atoms with Gasteiger partial charge in [-0.3, -0.25) is 4.79 Å². The van der Waals surface area contributed by atoms with Gasteiger partial charge >= 0.3 is 0 Å². The Morgan fingerprint density at radius 2 is 1.72 bits per heavy atom. The number of carbonyl (C=O) groups excluding carboxylic acids is 1. The summed E-state index contributed by atoms with van der Waals surface area (Å²) in [5.74, 6) is 0.990. The number of methoxy groups -OCH3 is 1. The van der Waals surface area contributed by atoms with Crippen LogP contribution in [0.3, 0.4) is 0 Å². The van der Waals surface area contributed by atoms with Crippen molar-refractivity contribution in [2.75, 3.05) is 45.2 Å². The van der Waals surface area contributed by atoms with Gasteiger partial charge in [-0.25, -0.2) is 8.42 Å². The Morgan fingerprint density at radius 3 is 2.31 bits per heavy atom. The summed E-state index contributed by atoms with van der Waals surface area (Å²) >= 11 is 0. The number of anilines is 1. The number of rotatable bonds is 7. The standard InChI is InChI=1S/C24H31N3O4S/c1-18(19-7-8-19)27(21-9-11-22(31-3)12-10-21)24(28)20-5-4-6-23(17-20)32(29,30)26-15-13-25(2)14-16-26/h4-6,9-12,17-19H,7-8,13-16H2,1-3H3. The number of amides is 1. The summed E-state index contributed by atoms with van der Waals surface area (Å²) in [5.41, 5.74) is 1.16. The van der Waals surface area contributed by atoms with Gasteiger partial charge in [-0.1, -0.05) is 6.07 Å². The number of carbonyl (C=O) groups is 1. The van der Waals surface area contributed by atoms with Crippen LogP contribution in [-0.4, -0.2) is 69.9 Å². The molecule has 1 saturated carbocycles. The molecule has 1 amide bonds. The van der Waals surface area contributed by atoms with Crippen molar-refractivity contribution in [1.29, 1.82) is 0 Å². The van der Waals surface area contributed by atoms with Crippen LogP contribution in [0.5, 0.6) is 5.75 Å². The van der Waals surface area contributed by atoms with Gasteiger partial charge in [0.05, 0.1) is 12.0 Å². The number of benzene rings is 2. The number of likely N-dealkylation sites (N-methyl/N-ethyl adjacent to an activating group) is 1. The maximum Gasteiger partial charge on any atom is 0.258 e. The van der Waals surface area contributed by atoms with E-state index in [0.717, 1.165) is 24.3 Å². The van der Waals surface area contributed by atoms with Crippen LogP contribution in [-0.2, 0) is 10.0 Å². The lowest BCUT2D eigenvalue weighted by molar-refractivity contribution is 0.0975. The summed E-state index contributed by atoms with van der Waals surface area (Å²) in [6, 6.07) is 13.9. The Labute approximate surface area is 190 Å². The molecule has 1 saturated heterocycles. The lowest BCUT2D eigenvalue weighted by Crippen LogP contribution is -2.47. The molecular formula is C24H31N3O4S. The predicted octanol–water partition coefficient (Wildman–Crippen LogP) is 3.08. The van der Waals surface area contributed by atoms with Gasteiger partial charge in [-0.2, -0.15) is 4.31 Å². The molecule has 0 bridgehead atoms. The van der Waals surface area contributed by atoms with Crippen LogP contribution in [0.15, 0.2) is 53.4 Å². The van der Waals surface area contributed by atoms with Crippen molar-refractivity contribution in [2.24, 2.45) is 5.92 Å². The normalized spacial score (nSPS) is 18.8. The topological polar surface area (TPSA) is 70.2 Å². The van der Waals surface area contributed by atoms with Gasteiger partial charge in [0, 0.05) is 43.5 Å². The van der Waals surface area contributed by atoms with E-state index in [1.165, 1.54) is 10.4 Å². The van der Waals surface area contributed by atoms with Crippen LogP contribution in [0, 0.1) is 5.92 Å². The molecule has 7 nitrogen and oxygen atoms in total. The van der Waals surface area contributed by atoms with Gasteiger partial charge in [0.2, 0.25) is 10.0 Å². The smallest absolute Gasteiger partial charge is 0.258 e. The molecule has 1 heterocycles. The van der Waals surface area contributed by atoms with Crippen molar-refractivity contribution in [3.63, 3.8) is 0 Å². The molecule has 0 spiro atoms. The van der Waals surface area contributed by atoms with Crippen molar-refractivity contribution < 1.29 is 17.9 Å². The molecule has 4 rings (SSSR count). The van der Waals surface area contributed by atoms with Crippen molar-refractivity contribution in [3.05, 3.63) is 54.1 Å². The number of nitrogens with zero attached hydrogens (tertiary/aromatic N) is 3. The first-order chi connectivity index (χ1) is 15.3. The zero-order valence-electron chi connectivity index (χ0n) is 18.9. The van der Waals surface area contributed by atoms with Crippen LogP contribution in [0.2, 0.25) is 0 Å². The van der Waals surface area contributed by atoms with Crippen molar-refractivity contribution in [1.82, 2.24) is 9.21 Å². The Balaban J connectivity index is 1.64. The monoisotopic (exact) mass is 457 g/mol. The van der Waals surface area contributed by atoms with E-state index in [1.54, 1.807) is 30.2 Å². The summed E-state index contributed by atoms with van der Waals surface area (Å²) < 4.78 is 33.2. The van der Waals surface area contributed by atoms with E-state index in [-0.39, 0.29) is 16.8 Å². The molecule has 0 N–H and O–H groups in total. The zero-order valence-corrected chi connectivity index (χ0v) is 19.7. The minimum Gasteiger partial charge on any atom is -0.497 e. The van der Waals surface area contributed by atoms with E-state index in [9.17, 15) is 13.2 Å². The van der Waals surface area contributed by atoms with Gasteiger partial charge in [0.1, 0.15) is 5.75 Å². The average Bonchev–Trinajstić information content (AvgIpc) is 3.65. The minimum absolute atomic E-state index is 0.0220. The molecule has 2 aromatic carbocycles. The van der Waals surface area contributed by atoms with Crippen molar-refractivity contribution in [3.8, 4) is 5.75 Å². The van der Waals surface area contributed by atoms with E-state index in [0.29, 0.717) is 37.7 Å². The summed E-state index contributed by atoms with van der Waals surface area (Å²) in [7, 11) is -0.0533. The lowest BCUT2D eigenvalue weighted by atomic mass is 10.1. The predicted molar refractivity (Wildman–Crippen MR) is 125 cm³/mol. The molecule has 0 radical (unpaired) electrons. The van der Waals surface area contributed by atoms with E-state index in [2.05, 4.69) is 11.8 Å². The van der Waals surface area contributed by atoms with Crippen LogP contribution in [0.1, 0.15) is 30.1 Å². The van der Waals surface area contributed by atoms with Crippen LogP contribution >= 0.6 is 0 Å². The fraction of sp³-hybridized carbons (Fsp3) is 0.458. The molecule has 1 atom stereocenters. The van der Waals surface area contributed by atoms with Crippen LogP contribution in [0.25, 0.3) is 0 Å². The first kappa shape index (κ1) is 22.8. The third-order valence-corrected chi connectivity index (χ3v) is 8.36. The Kier molecular flexibility index (Phi) is 6.55. The van der Waals surface area contributed by atoms with Gasteiger partial charge in [0.15, 0.2) is 0 Å². The van der Waals surface area contributed by atoms with E-state index < -0.39 is 10.0 Å². The maximum absolute atomic E-state index is 13.7. The summed E-state index contributed by atoms with van der Waals surface area (Å²) in [5, 5.41) is 0. The number of piperazine rings is 1. The molecule has 1 aliphatic carbocycles. The fourth-order valence-electron chi connectivity index (χ4n) is 4.18. The van der Waals surface area contributed by atoms with Crippen molar-refractivity contribution in [2.45, 2.75) is 30.7 Å². The second-order valence-corrected chi connectivity index (χ2v) is 10.6. The highest BCUT2D eigenvalue weighted by Crippen LogP contribution is 2.38. The second-order valence-electron chi connectivity index (χ2n) is 8.69. The first-order valence-corrected chi connectivity index (χ1v) is 12.5. The molecule has 1 aliphatic heterocycles. The fourth-order valence-corrected chi connectivity index (χ4v) is 5.64. The summed E-state index contributed by atoms with van der Waals surface area (Å²) in [6.07, 6.45) is 2.19. The van der Waals surface area contributed by atoms with Crippen LogP contribution in [0.4, 0.5) is 5.69 Å². The third kappa shape index (κ3) is 4.67. The molecule has 2 fully saturated rings. The largest absolute Gasteiger partial charge is 0.497 e. The summed E-state index contributed by atoms with van der Waals surface area (Å²) in [6.45, 7) is 4.36. The van der Waals surface area contributed by atoms with Gasteiger partial charge in [-0.15, -0.1) is 0 Å². The zero-order chi connectivity index (χ0) is 22.9. The first-order valence-electron chi connectivity index (χ1n) is 11.1. The number of ether oxygens (including phenoxy) is 1. The molecule has 1 unspecified atom stereocenters. The van der Waals surface area contributed by atoms with E-state index in [4.69, 9.17) is 4.74 Å². The van der Waals surface area contributed by atoms with Crippen LogP contribution < -0.4 is 9.64 Å². The van der Waals surface area contributed by atoms with Gasteiger partial charge in [0.25, 0.3) is 5.91 Å². The maximum atomic E-state index is 13.7. The average molecular weight is 458 g/mol. The Bertz CT molecular complexity index is 1060. The SMILES string of the molecule is COc1ccc(N(C(=O)c2cccc(S(=O)(=O)N3CCN(C)CC3)c2)C(C)C2CC2)cc1. The Morgan fingerprint density at radius 1 is 1.06 bits per heavy atom. The van der Waals surface area contributed by atoms with Crippen molar-refractivity contribution >= 4 is 21.6 Å². The Hall–Kier alpha value is -2.42. The highest BCUT2D eigenvalue weighted by atomic mass is 32.2. The minimum atomic E-state index is -3.65. The molecule has 2 aliphatic rings. The molecule has 0 aromatic heterocycles. The van der Waals surface area contributed by atoms with Gasteiger partial charge < -0.3 is 14.5 Å². The number of hydrogen-bond donors (Lipinski definition) is 0. The number of sulfonamides is 1. The highest BCUT2D eigenvalue weighted by molar-refractivity contribution is 7.89. The molecular weight excluding hydrogens is 426 g/mol. The molecule has 172 valence electrons. The van der Waals surface area contributed by atoms with E-state index in [1.807, 2.05) is 31.3 Å². The summed E-state index contributed by atoms with van der Waals surface area (Å²) in [4.78, 5) is 17.7.